The Bertz CT molecular complexity index is 1560. The maximum absolute atomic E-state index is 10.4. The second-order valence-corrected chi connectivity index (χ2v) is 12.8. The van der Waals surface area contributed by atoms with Gasteiger partial charge in [-0.05, 0) is 37.8 Å². The van der Waals surface area contributed by atoms with Crippen molar-refractivity contribution in [2.45, 2.75) is 44.4 Å². The summed E-state index contributed by atoms with van der Waals surface area (Å²) in [6.07, 6.45) is 3.78. The van der Waals surface area contributed by atoms with E-state index in [-0.39, 0.29) is 25.4 Å². The Morgan fingerprint density at radius 2 is 1.13 bits per heavy atom. The van der Waals surface area contributed by atoms with Gasteiger partial charge < -0.3 is 57.9 Å². The second-order valence-electron chi connectivity index (χ2n) is 12.8. The van der Waals surface area contributed by atoms with Gasteiger partial charge in [-0.1, -0.05) is 0 Å². The van der Waals surface area contributed by atoms with Gasteiger partial charge in [0, 0.05) is 86.4 Å². The number of hydrogen-bond donors (Lipinski definition) is 1. The fourth-order valence-corrected chi connectivity index (χ4v) is 6.87. The molecule has 4 heterocycles. The van der Waals surface area contributed by atoms with E-state index in [4.69, 9.17) is 53.1 Å². The van der Waals surface area contributed by atoms with Crippen molar-refractivity contribution in [3.63, 3.8) is 0 Å². The average Bonchev–Trinajstić information content (AvgIpc) is 3.19. The summed E-state index contributed by atoms with van der Waals surface area (Å²) in [5, 5.41) is 10.4. The molecule has 0 saturated carbocycles. The van der Waals surface area contributed by atoms with Crippen LogP contribution in [0.4, 0.5) is 23.5 Å². The Kier molecular flexibility index (Phi) is 14.5. The molecule has 2 aliphatic rings. The highest BCUT2D eigenvalue weighted by molar-refractivity contribution is 5.95. The number of hydrogen-bond acceptors (Lipinski definition) is 16. The normalized spacial score (nSPS) is 15.7. The lowest BCUT2D eigenvalue weighted by Crippen LogP contribution is -2.39. The first-order valence-corrected chi connectivity index (χ1v) is 17.9. The van der Waals surface area contributed by atoms with Crippen molar-refractivity contribution in [1.82, 2.24) is 19.9 Å². The van der Waals surface area contributed by atoms with Gasteiger partial charge in [0.25, 0.3) is 0 Å². The lowest BCUT2D eigenvalue weighted by molar-refractivity contribution is 0.0817. The summed E-state index contributed by atoms with van der Waals surface area (Å²) in [7, 11) is 11.7. The minimum atomic E-state index is -0.119. The van der Waals surface area contributed by atoms with Crippen LogP contribution in [0, 0.1) is 0 Å². The first kappa shape index (κ1) is 39.3. The Balaban J connectivity index is 1.71. The molecular formula is C36H56N8O8. The number of nitrogens with zero attached hydrogens (tertiary/aromatic N) is 8. The van der Waals surface area contributed by atoms with E-state index in [0.29, 0.717) is 78.8 Å². The highest BCUT2D eigenvalue weighted by Gasteiger charge is 2.30. The molecule has 16 nitrogen and oxygen atoms in total. The maximum Gasteiger partial charge on any atom is 0.228 e. The van der Waals surface area contributed by atoms with Gasteiger partial charge in [0.05, 0.1) is 53.4 Å². The summed E-state index contributed by atoms with van der Waals surface area (Å²) >= 11 is 0. The summed E-state index contributed by atoms with van der Waals surface area (Å²) < 4.78 is 39.4. The SMILES string of the molecule is COCCN(CCOC)c1nc(N2CCC(OC)CC2)c2nc(N(CCO)Cc3ccc(OC)c(OC)c3OC)nc(N3CCC(OC)CC3)c2n1. The van der Waals surface area contributed by atoms with Gasteiger partial charge in [-0.3, -0.25) is 0 Å². The van der Waals surface area contributed by atoms with E-state index >= 15 is 0 Å². The van der Waals surface area contributed by atoms with Crippen LogP contribution in [0.3, 0.4) is 0 Å². The van der Waals surface area contributed by atoms with Crippen LogP contribution in [0.15, 0.2) is 12.1 Å². The van der Waals surface area contributed by atoms with Gasteiger partial charge in [-0.15, -0.1) is 0 Å². The number of rotatable bonds is 19. The molecule has 5 rings (SSSR count). The fourth-order valence-electron chi connectivity index (χ4n) is 6.87. The molecule has 1 N–H and O–H groups in total. The van der Waals surface area contributed by atoms with E-state index in [9.17, 15) is 5.11 Å². The molecule has 2 fully saturated rings. The largest absolute Gasteiger partial charge is 0.493 e. The number of methoxy groups -OCH3 is 7. The van der Waals surface area contributed by atoms with Crippen molar-refractivity contribution in [3.8, 4) is 17.2 Å². The zero-order valence-electron chi connectivity index (χ0n) is 31.8. The molecule has 2 saturated heterocycles. The van der Waals surface area contributed by atoms with Crippen molar-refractivity contribution in [3.05, 3.63) is 17.7 Å². The number of aliphatic hydroxyl groups excluding tert-OH is 1. The lowest BCUT2D eigenvalue weighted by atomic mass is 10.1. The Hall–Kier alpha value is -3.96. The lowest BCUT2D eigenvalue weighted by Gasteiger charge is -2.35. The predicted octanol–water partition coefficient (Wildman–Crippen LogP) is 2.77. The molecule has 1 aromatic carbocycles. The third kappa shape index (κ3) is 8.97. The van der Waals surface area contributed by atoms with E-state index < -0.39 is 0 Å². The van der Waals surface area contributed by atoms with E-state index in [2.05, 4.69) is 14.7 Å². The molecule has 0 spiro atoms. The van der Waals surface area contributed by atoms with Crippen LogP contribution in [-0.2, 0) is 25.5 Å². The van der Waals surface area contributed by atoms with Crippen molar-refractivity contribution >= 4 is 34.6 Å². The Labute approximate surface area is 306 Å². The third-order valence-corrected chi connectivity index (χ3v) is 9.85. The van der Waals surface area contributed by atoms with Crippen molar-refractivity contribution in [2.24, 2.45) is 0 Å². The van der Waals surface area contributed by atoms with Gasteiger partial charge >= 0.3 is 0 Å². The predicted molar refractivity (Wildman–Crippen MR) is 200 cm³/mol. The summed E-state index contributed by atoms with van der Waals surface area (Å²) in [5.74, 6) is 4.04. The van der Waals surface area contributed by atoms with Crippen LogP contribution < -0.4 is 33.8 Å². The molecule has 0 aliphatic carbocycles. The summed E-state index contributed by atoms with van der Waals surface area (Å²) in [6.45, 7) is 5.62. The number of benzene rings is 1. The highest BCUT2D eigenvalue weighted by atomic mass is 16.5. The molecule has 0 bridgehead atoms. The van der Waals surface area contributed by atoms with Crippen LogP contribution in [0.2, 0.25) is 0 Å². The van der Waals surface area contributed by atoms with Crippen molar-refractivity contribution < 1.29 is 38.3 Å². The Morgan fingerprint density at radius 1 is 0.635 bits per heavy atom. The first-order valence-electron chi connectivity index (χ1n) is 17.9. The van der Waals surface area contributed by atoms with Crippen molar-refractivity contribution in [1.29, 1.82) is 0 Å². The molecular weight excluding hydrogens is 672 g/mol. The summed E-state index contributed by atoms with van der Waals surface area (Å²) in [6, 6.07) is 3.77. The molecule has 0 amide bonds. The van der Waals surface area contributed by atoms with Crippen LogP contribution in [0.25, 0.3) is 11.0 Å². The van der Waals surface area contributed by atoms with Crippen LogP contribution in [0.5, 0.6) is 17.2 Å². The highest BCUT2D eigenvalue weighted by Crippen LogP contribution is 2.41. The van der Waals surface area contributed by atoms with E-state index in [1.807, 2.05) is 17.0 Å². The monoisotopic (exact) mass is 728 g/mol. The van der Waals surface area contributed by atoms with Gasteiger partial charge in [-0.2, -0.15) is 9.97 Å². The molecule has 288 valence electrons. The van der Waals surface area contributed by atoms with Gasteiger partial charge in [-0.25, -0.2) is 9.97 Å². The number of piperidine rings is 2. The van der Waals surface area contributed by atoms with Crippen molar-refractivity contribution in [2.75, 3.05) is 135 Å². The van der Waals surface area contributed by atoms with Gasteiger partial charge in [0.15, 0.2) is 23.1 Å². The van der Waals surface area contributed by atoms with Crippen LogP contribution in [0.1, 0.15) is 31.2 Å². The topological polar surface area (TPSA) is 149 Å². The van der Waals surface area contributed by atoms with Crippen LogP contribution >= 0.6 is 0 Å². The minimum Gasteiger partial charge on any atom is -0.493 e. The number of ether oxygens (including phenoxy) is 7. The van der Waals surface area contributed by atoms with E-state index in [0.717, 1.165) is 63.2 Å². The van der Waals surface area contributed by atoms with Gasteiger partial charge in [0.1, 0.15) is 11.0 Å². The van der Waals surface area contributed by atoms with Gasteiger partial charge in [0.2, 0.25) is 17.6 Å². The zero-order chi connectivity index (χ0) is 37.0. The number of aliphatic hydroxyl groups is 1. The molecule has 52 heavy (non-hydrogen) atoms. The molecule has 2 aliphatic heterocycles. The minimum absolute atomic E-state index is 0.119. The molecule has 0 atom stereocenters. The Morgan fingerprint density at radius 3 is 1.56 bits per heavy atom. The zero-order valence-corrected chi connectivity index (χ0v) is 31.8. The number of anilines is 4. The maximum atomic E-state index is 10.4. The molecule has 16 heteroatoms. The standard InChI is InChI=1S/C36H56N8O8/c1-46-22-19-43(20-23-47-2)35-37-29-30(33(39-35)41-14-10-26(48-3)11-15-41)38-36(40-34(29)42-16-12-27(49-4)13-17-42)44(18-21-45)24-25-8-9-28(50-5)32(52-7)31(25)51-6/h8-9,26-27,45H,10-24H2,1-7H3. The average molecular weight is 729 g/mol. The first-order chi connectivity index (χ1) is 25.4. The van der Waals surface area contributed by atoms with E-state index in [1.54, 1.807) is 49.8 Å². The molecule has 0 radical (unpaired) electrons. The van der Waals surface area contributed by atoms with E-state index in [1.165, 1.54) is 0 Å². The number of fused-ring (bicyclic) bond motifs is 1. The molecule has 2 aromatic heterocycles. The summed E-state index contributed by atoms with van der Waals surface area (Å²) in [5.41, 5.74) is 2.13. The molecule has 0 unspecified atom stereocenters. The molecule has 3 aromatic rings. The third-order valence-electron chi connectivity index (χ3n) is 9.85. The second kappa shape index (κ2) is 19.2. The fraction of sp³-hybridized carbons (Fsp3) is 0.667. The van der Waals surface area contributed by atoms with Crippen LogP contribution in [-0.4, -0.2) is 153 Å². The number of aromatic nitrogens is 4. The quantitative estimate of drug-likeness (QED) is 0.193. The summed E-state index contributed by atoms with van der Waals surface area (Å²) in [4.78, 5) is 29.5. The smallest absolute Gasteiger partial charge is 0.228 e.